The summed E-state index contributed by atoms with van der Waals surface area (Å²) in [6.07, 6.45) is 3.71. The van der Waals surface area contributed by atoms with E-state index in [1.165, 1.54) is 0 Å². The van der Waals surface area contributed by atoms with Crippen molar-refractivity contribution in [2.24, 2.45) is 0 Å². The molecule has 0 aliphatic rings. The number of imidazole rings is 1. The van der Waals surface area contributed by atoms with E-state index in [4.69, 9.17) is 5.26 Å². The van der Waals surface area contributed by atoms with Gasteiger partial charge in [-0.05, 0) is 17.7 Å². The Labute approximate surface area is 122 Å². The first kappa shape index (κ1) is 13.1. The highest BCUT2D eigenvalue weighted by molar-refractivity contribution is 6.00. The maximum atomic E-state index is 12.7. The van der Waals surface area contributed by atoms with E-state index in [2.05, 4.69) is 11.1 Å². The van der Waals surface area contributed by atoms with Gasteiger partial charge in [0.1, 0.15) is 11.3 Å². The quantitative estimate of drug-likeness (QED) is 0.687. The molecule has 3 aromatic rings. The summed E-state index contributed by atoms with van der Waals surface area (Å²) >= 11 is 0. The van der Waals surface area contributed by atoms with Gasteiger partial charge in [-0.3, -0.25) is 4.79 Å². The van der Waals surface area contributed by atoms with E-state index >= 15 is 0 Å². The number of hydrogen-bond donors (Lipinski definition) is 0. The van der Waals surface area contributed by atoms with E-state index in [0.29, 0.717) is 5.69 Å². The molecule has 4 nitrogen and oxygen atoms in total. The molecule has 0 bridgehead atoms. The number of rotatable bonds is 4. The molecule has 1 aromatic carbocycles. The minimum Gasteiger partial charge on any atom is -0.306 e. The number of carbonyl (C=O) groups excluding carboxylic acids is 1. The summed E-state index contributed by atoms with van der Waals surface area (Å²) in [6, 6.07) is 17.1. The topological polar surface area (TPSA) is 58.2 Å². The number of fused-ring (bicyclic) bond motifs is 1. The van der Waals surface area contributed by atoms with E-state index in [1.54, 1.807) is 6.20 Å². The van der Waals surface area contributed by atoms with Crippen LogP contribution in [0.1, 0.15) is 28.4 Å². The van der Waals surface area contributed by atoms with Crippen LogP contribution in [-0.2, 0) is 0 Å². The van der Waals surface area contributed by atoms with Crippen molar-refractivity contribution in [2.45, 2.75) is 12.3 Å². The maximum Gasteiger partial charge on any atom is 0.191 e. The average molecular weight is 275 g/mol. The van der Waals surface area contributed by atoms with Gasteiger partial charge in [-0.1, -0.05) is 36.4 Å². The Balaban J connectivity index is 1.99. The highest BCUT2D eigenvalue weighted by atomic mass is 16.1. The van der Waals surface area contributed by atoms with Gasteiger partial charge in [-0.25, -0.2) is 4.98 Å². The van der Waals surface area contributed by atoms with Crippen LogP contribution in [0.3, 0.4) is 0 Å². The van der Waals surface area contributed by atoms with Crippen LogP contribution in [0, 0.1) is 11.3 Å². The van der Waals surface area contributed by atoms with Crippen LogP contribution in [0.25, 0.3) is 5.65 Å². The Morgan fingerprint density at radius 1 is 1.19 bits per heavy atom. The normalized spacial score (nSPS) is 12.0. The van der Waals surface area contributed by atoms with Crippen LogP contribution in [0.4, 0.5) is 0 Å². The zero-order valence-electron chi connectivity index (χ0n) is 11.3. The van der Waals surface area contributed by atoms with Crippen molar-refractivity contribution < 1.29 is 4.79 Å². The lowest BCUT2D eigenvalue weighted by atomic mass is 9.91. The first-order chi connectivity index (χ1) is 10.3. The van der Waals surface area contributed by atoms with Crippen molar-refractivity contribution in [3.05, 3.63) is 72.2 Å². The van der Waals surface area contributed by atoms with Gasteiger partial charge in [-0.15, -0.1) is 0 Å². The van der Waals surface area contributed by atoms with Gasteiger partial charge in [0, 0.05) is 18.8 Å². The number of aromatic nitrogens is 2. The van der Waals surface area contributed by atoms with E-state index in [9.17, 15) is 4.79 Å². The smallest absolute Gasteiger partial charge is 0.191 e. The molecule has 0 amide bonds. The third kappa shape index (κ3) is 2.54. The number of Topliss-reactive ketones (excluding diaryl/α,β-unsaturated/α-hetero) is 1. The third-order valence-corrected chi connectivity index (χ3v) is 3.43. The molecule has 0 spiro atoms. The highest BCUT2D eigenvalue weighted by Crippen LogP contribution is 2.24. The maximum absolute atomic E-state index is 12.7. The number of pyridine rings is 1. The van der Waals surface area contributed by atoms with Crippen LogP contribution in [0.15, 0.2) is 60.9 Å². The average Bonchev–Trinajstić information content (AvgIpc) is 2.97. The number of benzene rings is 1. The standard InChI is InChI=1S/C17H13N3O/c18-10-9-14(13-6-2-1-3-7-13)17(21)15-12-20-11-5-4-8-16(20)19-15/h1-8,11-12,14H,9H2. The van der Waals surface area contributed by atoms with Gasteiger partial charge in [-0.2, -0.15) is 5.26 Å². The van der Waals surface area contributed by atoms with Gasteiger partial charge >= 0.3 is 0 Å². The molecule has 1 atom stereocenters. The molecule has 2 aromatic heterocycles. The molecule has 0 saturated heterocycles. The fourth-order valence-corrected chi connectivity index (χ4v) is 2.37. The van der Waals surface area contributed by atoms with Crippen LogP contribution in [0.2, 0.25) is 0 Å². The predicted octanol–water partition coefficient (Wildman–Crippen LogP) is 3.21. The Bertz CT molecular complexity index is 782. The lowest BCUT2D eigenvalue weighted by Crippen LogP contribution is -2.13. The fraction of sp³-hybridized carbons (Fsp3) is 0.118. The SMILES string of the molecule is N#CCC(C(=O)c1cn2ccccc2n1)c1ccccc1. The zero-order valence-corrected chi connectivity index (χ0v) is 11.3. The number of nitrogens with zero attached hydrogens (tertiary/aromatic N) is 3. The Kier molecular flexibility index (Phi) is 3.48. The van der Waals surface area contributed by atoms with Crippen molar-refractivity contribution in [2.75, 3.05) is 0 Å². The first-order valence-electron chi connectivity index (χ1n) is 6.69. The van der Waals surface area contributed by atoms with Gasteiger partial charge < -0.3 is 4.40 Å². The molecular formula is C17H13N3O. The minimum absolute atomic E-state index is 0.119. The van der Waals surface area contributed by atoms with Gasteiger partial charge in [0.25, 0.3) is 0 Å². The summed E-state index contributed by atoms with van der Waals surface area (Å²) in [7, 11) is 0. The number of hydrogen-bond acceptors (Lipinski definition) is 3. The van der Waals surface area contributed by atoms with E-state index < -0.39 is 5.92 Å². The second-order valence-electron chi connectivity index (χ2n) is 4.78. The Morgan fingerprint density at radius 2 is 1.95 bits per heavy atom. The summed E-state index contributed by atoms with van der Waals surface area (Å²) in [6.45, 7) is 0. The lowest BCUT2D eigenvalue weighted by molar-refractivity contribution is 0.0956. The molecule has 3 rings (SSSR count). The molecular weight excluding hydrogens is 262 g/mol. The Hall–Kier alpha value is -2.93. The number of nitriles is 1. The molecule has 4 heteroatoms. The summed E-state index contributed by atoms with van der Waals surface area (Å²) in [5.74, 6) is -0.590. The molecule has 2 heterocycles. The summed E-state index contributed by atoms with van der Waals surface area (Å²) < 4.78 is 1.81. The third-order valence-electron chi connectivity index (χ3n) is 3.43. The second-order valence-corrected chi connectivity index (χ2v) is 4.78. The molecule has 0 saturated carbocycles. The van der Waals surface area contributed by atoms with Crippen molar-refractivity contribution in [3.63, 3.8) is 0 Å². The van der Waals surface area contributed by atoms with Crippen molar-refractivity contribution in [1.82, 2.24) is 9.38 Å². The lowest BCUT2D eigenvalue weighted by Gasteiger charge is -2.11. The fourth-order valence-electron chi connectivity index (χ4n) is 2.37. The van der Waals surface area contributed by atoms with Crippen molar-refractivity contribution in [3.8, 4) is 6.07 Å². The first-order valence-corrected chi connectivity index (χ1v) is 6.69. The molecule has 21 heavy (non-hydrogen) atoms. The van der Waals surface area contributed by atoms with Gasteiger partial charge in [0.15, 0.2) is 5.78 Å². The molecule has 0 aliphatic heterocycles. The molecule has 0 aliphatic carbocycles. The highest BCUT2D eigenvalue weighted by Gasteiger charge is 2.23. The molecule has 1 unspecified atom stereocenters. The van der Waals surface area contributed by atoms with Gasteiger partial charge in [0.2, 0.25) is 0 Å². The van der Waals surface area contributed by atoms with Crippen LogP contribution in [-0.4, -0.2) is 15.2 Å². The van der Waals surface area contributed by atoms with Crippen molar-refractivity contribution >= 4 is 11.4 Å². The summed E-state index contributed by atoms with van der Waals surface area (Å²) in [5.41, 5.74) is 1.97. The Morgan fingerprint density at radius 3 is 2.67 bits per heavy atom. The molecule has 0 radical (unpaired) electrons. The predicted molar refractivity (Wildman–Crippen MR) is 78.9 cm³/mol. The van der Waals surface area contributed by atoms with Crippen molar-refractivity contribution in [1.29, 1.82) is 5.26 Å². The van der Waals surface area contributed by atoms with Crippen LogP contribution >= 0.6 is 0 Å². The summed E-state index contributed by atoms with van der Waals surface area (Å²) in [5, 5.41) is 9.01. The molecule has 0 fully saturated rings. The van der Waals surface area contributed by atoms with E-state index in [1.807, 2.05) is 59.1 Å². The largest absolute Gasteiger partial charge is 0.306 e. The molecule has 102 valence electrons. The molecule has 0 N–H and O–H groups in total. The summed E-state index contributed by atoms with van der Waals surface area (Å²) in [4.78, 5) is 17.0. The van der Waals surface area contributed by atoms with E-state index in [-0.39, 0.29) is 12.2 Å². The zero-order chi connectivity index (χ0) is 14.7. The second kappa shape index (κ2) is 5.59. The van der Waals surface area contributed by atoms with E-state index in [0.717, 1.165) is 11.2 Å². The monoisotopic (exact) mass is 275 g/mol. The minimum atomic E-state index is -0.471. The van der Waals surface area contributed by atoms with Crippen LogP contribution in [0.5, 0.6) is 0 Å². The number of carbonyl (C=O) groups is 1. The van der Waals surface area contributed by atoms with Gasteiger partial charge in [0.05, 0.1) is 12.0 Å². The number of ketones is 1. The van der Waals surface area contributed by atoms with Crippen LogP contribution < -0.4 is 0 Å².